The van der Waals surface area contributed by atoms with Crippen molar-refractivity contribution in [1.29, 1.82) is 0 Å². The van der Waals surface area contributed by atoms with Crippen LogP contribution < -0.4 is 10.9 Å². The summed E-state index contributed by atoms with van der Waals surface area (Å²) in [5, 5.41) is 8.49. The smallest absolute Gasteiger partial charge is 0.279 e. The number of rotatable bonds is 6. The molecule has 0 aliphatic carbocycles. The number of aromatic nitrogens is 2. The third-order valence-electron chi connectivity index (χ3n) is 5.29. The van der Waals surface area contributed by atoms with E-state index in [1.165, 1.54) is 10.2 Å². The Hall–Kier alpha value is -3.73. The Balaban J connectivity index is 1.70. The molecular formula is C25H23N3O2. The van der Waals surface area contributed by atoms with Gasteiger partial charge in [-0.25, -0.2) is 0 Å². The van der Waals surface area contributed by atoms with E-state index in [4.69, 9.17) is 0 Å². The molecule has 0 saturated carbocycles. The Morgan fingerprint density at radius 1 is 0.900 bits per heavy atom. The van der Waals surface area contributed by atoms with Crippen molar-refractivity contribution in [3.63, 3.8) is 0 Å². The quantitative estimate of drug-likeness (QED) is 0.527. The molecule has 150 valence electrons. The largest absolute Gasteiger partial charge is 0.350 e. The van der Waals surface area contributed by atoms with Gasteiger partial charge in [-0.05, 0) is 30.2 Å². The summed E-state index contributed by atoms with van der Waals surface area (Å²) < 4.78 is 1.30. The van der Waals surface area contributed by atoms with Gasteiger partial charge < -0.3 is 5.32 Å². The monoisotopic (exact) mass is 397 g/mol. The van der Waals surface area contributed by atoms with Crippen LogP contribution in [0.15, 0.2) is 89.7 Å². The highest BCUT2D eigenvalue weighted by atomic mass is 16.2. The number of hydrogen-bond donors (Lipinski definition) is 1. The Morgan fingerprint density at radius 3 is 2.17 bits per heavy atom. The van der Waals surface area contributed by atoms with Gasteiger partial charge in [-0.15, -0.1) is 0 Å². The van der Waals surface area contributed by atoms with Gasteiger partial charge in [0, 0.05) is 17.8 Å². The van der Waals surface area contributed by atoms with Crippen LogP contribution in [0.2, 0.25) is 0 Å². The average Bonchev–Trinajstić information content (AvgIpc) is 2.81. The number of fused-ring (bicyclic) bond motifs is 1. The van der Waals surface area contributed by atoms with E-state index in [0.29, 0.717) is 23.0 Å². The van der Waals surface area contributed by atoms with Crippen LogP contribution in [0.5, 0.6) is 0 Å². The van der Waals surface area contributed by atoms with Crippen LogP contribution in [0, 0.1) is 0 Å². The molecule has 4 aromatic rings. The molecule has 0 aliphatic heterocycles. The van der Waals surface area contributed by atoms with Crippen LogP contribution in [0.4, 0.5) is 0 Å². The van der Waals surface area contributed by atoms with Gasteiger partial charge in [0.1, 0.15) is 0 Å². The highest BCUT2D eigenvalue weighted by Crippen LogP contribution is 2.19. The third kappa shape index (κ3) is 3.87. The van der Waals surface area contributed by atoms with Gasteiger partial charge in [0.05, 0.1) is 11.1 Å². The van der Waals surface area contributed by atoms with Gasteiger partial charge in [0.25, 0.3) is 11.5 Å². The number of carbonyl (C=O) groups is 1. The maximum atomic E-state index is 13.1. The number of hydrogen-bond acceptors (Lipinski definition) is 3. The normalized spacial score (nSPS) is 11.9. The molecule has 30 heavy (non-hydrogen) atoms. The van der Waals surface area contributed by atoms with E-state index in [-0.39, 0.29) is 23.1 Å². The molecule has 5 heteroatoms. The zero-order valence-corrected chi connectivity index (χ0v) is 16.8. The Bertz CT molecular complexity index is 1220. The molecule has 0 fully saturated rings. The molecule has 0 aliphatic rings. The fourth-order valence-electron chi connectivity index (χ4n) is 3.62. The molecule has 4 rings (SSSR count). The molecule has 1 unspecified atom stereocenters. The molecule has 1 heterocycles. The van der Waals surface area contributed by atoms with Gasteiger partial charge in [-0.2, -0.15) is 9.78 Å². The highest BCUT2D eigenvalue weighted by Gasteiger charge is 2.18. The first-order valence-corrected chi connectivity index (χ1v) is 10.1. The molecular weight excluding hydrogens is 374 g/mol. The maximum absolute atomic E-state index is 13.1. The van der Waals surface area contributed by atoms with Crippen molar-refractivity contribution in [2.24, 2.45) is 0 Å². The summed E-state index contributed by atoms with van der Waals surface area (Å²) in [7, 11) is 0. The highest BCUT2D eigenvalue weighted by molar-refractivity contribution is 6.04. The van der Waals surface area contributed by atoms with Gasteiger partial charge in [0.2, 0.25) is 0 Å². The first-order valence-electron chi connectivity index (χ1n) is 10.1. The minimum atomic E-state index is -0.287. The van der Waals surface area contributed by atoms with E-state index in [9.17, 15) is 9.59 Å². The van der Waals surface area contributed by atoms with Crippen LogP contribution in [-0.4, -0.2) is 22.2 Å². The van der Waals surface area contributed by atoms with Gasteiger partial charge in [0.15, 0.2) is 5.69 Å². The first-order chi connectivity index (χ1) is 14.7. The van der Waals surface area contributed by atoms with Crippen molar-refractivity contribution in [2.75, 3.05) is 6.54 Å². The van der Waals surface area contributed by atoms with E-state index < -0.39 is 0 Å². The van der Waals surface area contributed by atoms with Gasteiger partial charge >= 0.3 is 0 Å². The third-order valence-corrected chi connectivity index (χ3v) is 5.29. The van der Waals surface area contributed by atoms with E-state index >= 15 is 0 Å². The number of para-hydroxylation sites is 1. The molecule has 0 spiro atoms. The van der Waals surface area contributed by atoms with Gasteiger partial charge in [-0.3, -0.25) is 9.59 Å². The van der Waals surface area contributed by atoms with Crippen LogP contribution in [0.25, 0.3) is 16.5 Å². The van der Waals surface area contributed by atoms with Crippen LogP contribution in [-0.2, 0) is 0 Å². The minimum absolute atomic E-state index is 0.210. The average molecular weight is 397 g/mol. The molecule has 0 radical (unpaired) electrons. The SMILES string of the molecule is CCC(CNC(=O)c1nn(-c2ccccc2)c(=O)c2ccccc12)c1ccccc1. The van der Waals surface area contributed by atoms with Crippen molar-refractivity contribution >= 4 is 16.7 Å². The first kappa shape index (κ1) is 19.6. The predicted octanol–water partition coefficient (Wildman–Crippen LogP) is 4.31. The number of nitrogens with one attached hydrogen (secondary N) is 1. The fourth-order valence-corrected chi connectivity index (χ4v) is 3.62. The summed E-state index contributed by atoms with van der Waals surface area (Å²) in [6.07, 6.45) is 0.905. The number of nitrogens with zero attached hydrogens (tertiary/aromatic N) is 2. The van der Waals surface area contributed by atoms with E-state index in [2.05, 4.69) is 29.5 Å². The van der Waals surface area contributed by atoms with Crippen LogP contribution >= 0.6 is 0 Å². The van der Waals surface area contributed by atoms with Crippen LogP contribution in [0.3, 0.4) is 0 Å². The van der Waals surface area contributed by atoms with E-state index in [1.807, 2.05) is 42.5 Å². The second kappa shape index (κ2) is 8.74. The molecule has 1 amide bonds. The predicted molar refractivity (Wildman–Crippen MR) is 119 cm³/mol. The zero-order chi connectivity index (χ0) is 20.9. The fraction of sp³-hybridized carbons (Fsp3) is 0.160. The molecule has 3 aromatic carbocycles. The van der Waals surface area contributed by atoms with Crippen molar-refractivity contribution < 1.29 is 4.79 Å². The topological polar surface area (TPSA) is 64.0 Å². The molecule has 0 saturated heterocycles. The summed E-state index contributed by atoms with van der Waals surface area (Å²) in [5.41, 5.74) is 1.81. The number of benzene rings is 3. The summed E-state index contributed by atoms with van der Waals surface area (Å²) in [6, 6.07) is 26.4. The lowest BCUT2D eigenvalue weighted by Gasteiger charge is -2.17. The zero-order valence-electron chi connectivity index (χ0n) is 16.8. The lowest BCUT2D eigenvalue weighted by Crippen LogP contribution is -2.32. The second-order valence-corrected chi connectivity index (χ2v) is 7.17. The molecule has 5 nitrogen and oxygen atoms in total. The van der Waals surface area contributed by atoms with Gasteiger partial charge in [-0.1, -0.05) is 73.7 Å². The summed E-state index contributed by atoms with van der Waals surface area (Å²) in [6.45, 7) is 2.60. The number of amides is 1. The second-order valence-electron chi connectivity index (χ2n) is 7.17. The molecule has 1 atom stereocenters. The Kier molecular flexibility index (Phi) is 5.70. The lowest BCUT2D eigenvalue weighted by molar-refractivity contribution is 0.0946. The van der Waals surface area contributed by atoms with Crippen molar-refractivity contribution in [3.8, 4) is 5.69 Å². The minimum Gasteiger partial charge on any atom is -0.350 e. The van der Waals surface area contributed by atoms with Crippen molar-refractivity contribution in [3.05, 3.63) is 107 Å². The summed E-state index contributed by atoms with van der Waals surface area (Å²) in [5.74, 6) is -0.0771. The Morgan fingerprint density at radius 2 is 1.50 bits per heavy atom. The molecule has 1 aromatic heterocycles. The lowest BCUT2D eigenvalue weighted by atomic mass is 9.96. The van der Waals surface area contributed by atoms with Crippen molar-refractivity contribution in [1.82, 2.24) is 15.1 Å². The van der Waals surface area contributed by atoms with Crippen molar-refractivity contribution in [2.45, 2.75) is 19.3 Å². The van der Waals surface area contributed by atoms with Crippen LogP contribution in [0.1, 0.15) is 35.3 Å². The summed E-state index contributed by atoms with van der Waals surface area (Å²) in [4.78, 5) is 26.1. The maximum Gasteiger partial charge on any atom is 0.279 e. The van der Waals surface area contributed by atoms with E-state index in [0.717, 1.165) is 6.42 Å². The molecule has 1 N–H and O–H groups in total. The summed E-state index contributed by atoms with van der Waals surface area (Å²) >= 11 is 0. The Labute approximate surface area is 175 Å². The van der Waals surface area contributed by atoms with E-state index in [1.54, 1.807) is 30.3 Å². The molecule has 0 bridgehead atoms. The number of carbonyl (C=O) groups excluding carboxylic acids is 1. The standard InChI is InChI=1S/C25H23N3O2/c1-2-18(19-11-5-3-6-12-19)17-26-24(29)23-21-15-9-10-16-22(21)25(30)28(27-23)20-13-7-4-8-14-20/h3-16,18H,2,17H2,1H3,(H,26,29).